The zero-order valence-corrected chi connectivity index (χ0v) is 17.4. The number of hydrogen-bond acceptors (Lipinski definition) is 6. The van der Waals surface area contributed by atoms with Gasteiger partial charge in [0.05, 0.1) is 18.5 Å². The molecule has 9 nitrogen and oxygen atoms in total. The molecule has 0 bridgehead atoms. The lowest BCUT2D eigenvalue weighted by Gasteiger charge is -2.27. The van der Waals surface area contributed by atoms with E-state index >= 15 is 0 Å². The van der Waals surface area contributed by atoms with E-state index in [1.54, 1.807) is 28.1 Å². The van der Waals surface area contributed by atoms with Crippen molar-refractivity contribution >= 4 is 23.7 Å². The third kappa shape index (κ3) is 4.87. The second-order valence-corrected chi connectivity index (χ2v) is 8.01. The number of aromatic nitrogens is 1. The van der Waals surface area contributed by atoms with Crippen molar-refractivity contribution in [1.29, 1.82) is 0 Å². The maximum atomic E-state index is 13.0. The van der Waals surface area contributed by atoms with Crippen LogP contribution in [0.2, 0.25) is 0 Å². The highest BCUT2D eigenvalue weighted by atomic mass is 16.4. The van der Waals surface area contributed by atoms with Gasteiger partial charge in [0.15, 0.2) is 0 Å². The van der Waals surface area contributed by atoms with E-state index in [0.717, 1.165) is 37.2 Å². The van der Waals surface area contributed by atoms with Gasteiger partial charge in [0.1, 0.15) is 11.7 Å². The van der Waals surface area contributed by atoms with Crippen LogP contribution in [0.15, 0.2) is 47.1 Å². The zero-order valence-electron chi connectivity index (χ0n) is 17.4. The van der Waals surface area contributed by atoms with E-state index in [1.165, 1.54) is 0 Å². The van der Waals surface area contributed by atoms with Crippen molar-refractivity contribution in [1.82, 2.24) is 20.1 Å². The van der Waals surface area contributed by atoms with Crippen molar-refractivity contribution in [3.05, 3.63) is 47.7 Å². The van der Waals surface area contributed by atoms with Crippen LogP contribution < -0.4 is 11.1 Å². The highest BCUT2D eigenvalue weighted by molar-refractivity contribution is 6.02. The zero-order chi connectivity index (χ0) is 21.8. The summed E-state index contributed by atoms with van der Waals surface area (Å²) in [7, 11) is 0. The van der Waals surface area contributed by atoms with E-state index in [9.17, 15) is 14.7 Å². The Morgan fingerprint density at radius 3 is 3.00 bits per heavy atom. The van der Waals surface area contributed by atoms with Gasteiger partial charge in [0.2, 0.25) is 0 Å². The Labute approximate surface area is 181 Å². The first-order valence-electron chi connectivity index (χ1n) is 10.7. The number of nitrogen functional groups attached to an aromatic ring is 1. The Hall–Kier alpha value is -3.36. The van der Waals surface area contributed by atoms with E-state index in [-0.39, 0.29) is 18.5 Å². The molecule has 4 N–H and O–H groups in total. The number of anilines is 1. The van der Waals surface area contributed by atoms with Gasteiger partial charge in [-0.1, -0.05) is 24.3 Å². The summed E-state index contributed by atoms with van der Waals surface area (Å²) in [6.07, 6.45) is 10.5. The van der Waals surface area contributed by atoms with Gasteiger partial charge in [-0.05, 0) is 30.9 Å². The molecule has 3 aliphatic heterocycles. The molecule has 0 saturated carbocycles. The second kappa shape index (κ2) is 9.20. The van der Waals surface area contributed by atoms with Crippen molar-refractivity contribution in [3.63, 3.8) is 0 Å². The van der Waals surface area contributed by atoms with Crippen molar-refractivity contribution in [2.45, 2.75) is 37.8 Å². The molecule has 2 atom stereocenters. The van der Waals surface area contributed by atoms with Crippen LogP contribution >= 0.6 is 0 Å². The summed E-state index contributed by atoms with van der Waals surface area (Å²) < 4.78 is 0. The molecule has 31 heavy (non-hydrogen) atoms. The quantitative estimate of drug-likeness (QED) is 0.586. The molecule has 1 aromatic heterocycles. The average molecular weight is 425 g/mol. The molecule has 164 valence electrons. The Balaban J connectivity index is 1.34. The SMILES string of the molecule is Nc1ccc(C(CC(=O)O)N2CCN(CCCC3C=CC4=CCCNC4=N3)C2=O)cn1. The van der Waals surface area contributed by atoms with Gasteiger partial charge in [-0.15, -0.1) is 0 Å². The number of aliphatic carboxylic acids is 1. The number of carbonyl (C=O) groups is 2. The van der Waals surface area contributed by atoms with Crippen LogP contribution in [0, 0.1) is 0 Å². The minimum atomic E-state index is -0.957. The van der Waals surface area contributed by atoms with Crippen LogP contribution in [0.1, 0.15) is 37.3 Å². The van der Waals surface area contributed by atoms with Crippen molar-refractivity contribution in [2.24, 2.45) is 4.99 Å². The van der Waals surface area contributed by atoms with Gasteiger partial charge in [-0.3, -0.25) is 9.79 Å². The molecule has 0 spiro atoms. The van der Waals surface area contributed by atoms with E-state index in [2.05, 4.69) is 28.5 Å². The number of aliphatic imine (C=N–C) groups is 1. The van der Waals surface area contributed by atoms with Gasteiger partial charge in [-0.2, -0.15) is 0 Å². The number of nitrogens with one attached hydrogen (secondary N) is 1. The average Bonchev–Trinajstić information content (AvgIpc) is 3.13. The van der Waals surface area contributed by atoms with Crippen molar-refractivity contribution in [2.75, 3.05) is 31.9 Å². The molecule has 9 heteroatoms. The summed E-state index contributed by atoms with van der Waals surface area (Å²) in [5.74, 6) is 0.371. The Morgan fingerprint density at radius 1 is 1.35 bits per heavy atom. The largest absolute Gasteiger partial charge is 0.481 e. The number of nitrogens with two attached hydrogens (primary N) is 1. The van der Waals surface area contributed by atoms with Gasteiger partial charge >= 0.3 is 12.0 Å². The molecule has 3 aliphatic rings. The maximum Gasteiger partial charge on any atom is 0.320 e. The number of amides is 2. The van der Waals surface area contributed by atoms with E-state index in [1.807, 2.05) is 0 Å². The lowest BCUT2D eigenvalue weighted by atomic mass is 10.0. The number of dihydropyridines is 1. The fraction of sp³-hybridized carbons (Fsp3) is 0.455. The van der Waals surface area contributed by atoms with Crippen LogP contribution in [0.4, 0.5) is 10.6 Å². The number of carboxylic acids is 1. The molecule has 2 amide bonds. The first-order chi connectivity index (χ1) is 15.0. The summed E-state index contributed by atoms with van der Waals surface area (Å²) in [5.41, 5.74) is 7.49. The minimum absolute atomic E-state index is 0.118. The molecule has 4 rings (SSSR count). The number of fused-ring (bicyclic) bond motifs is 1. The van der Waals surface area contributed by atoms with Gasteiger partial charge < -0.3 is 26.0 Å². The molecule has 1 fully saturated rings. The maximum absolute atomic E-state index is 13.0. The van der Waals surface area contributed by atoms with Crippen LogP contribution in [0.25, 0.3) is 0 Å². The number of nitrogens with zero attached hydrogens (tertiary/aromatic N) is 4. The topological polar surface area (TPSA) is 124 Å². The van der Waals surface area contributed by atoms with Crippen molar-refractivity contribution < 1.29 is 14.7 Å². The molecule has 1 saturated heterocycles. The van der Waals surface area contributed by atoms with Crippen LogP contribution in [-0.4, -0.2) is 69.9 Å². The molecular formula is C22H28N6O3. The molecule has 1 aromatic rings. The fourth-order valence-corrected chi connectivity index (χ4v) is 4.25. The molecule has 0 radical (unpaired) electrons. The number of amidine groups is 1. The number of carboxylic acid groups (broad SMARTS) is 1. The standard InChI is InChI=1S/C22H28N6O3/c23-19-8-6-16(14-25-19)18(13-20(29)30)28-12-11-27(22(28)31)10-2-4-17-7-5-15-3-1-9-24-21(15)26-17/h3,5-8,14,17-18H,1-2,4,9-13H2,(H2,23,25)(H,24,26)(H,29,30). The number of rotatable bonds is 8. The first kappa shape index (κ1) is 20.9. The first-order valence-corrected chi connectivity index (χ1v) is 10.7. The predicted octanol–water partition coefficient (Wildman–Crippen LogP) is 1.95. The summed E-state index contributed by atoms with van der Waals surface area (Å²) in [6.45, 7) is 2.62. The second-order valence-electron chi connectivity index (χ2n) is 8.01. The summed E-state index contributed by atoms with van der Waals surface area (Å²) >= 11 is 0. The fourth-order valence-electron chi connectivity index (χ4n) is 4.25. The highest BCUT2D eigenvalue weighted by Gasteiger charge is 2.35. The Bertz CT molecular complexity index is 924. The monoisotopic (exact) mass is 424 g/mol. The van der Waals surface area contributed by atoms with Gasteiger partial charge in [-0.25, -0.2) is 9.78 Å². The van der Waals surface area contributed by atoms with Crippen molar-refractivity contribution in [3.8, 4) is 0 Å². The van der Waals surface area contributed by atoms with E-state index in [0.29, 0.717) is 31.0 Å². The van der Waals surface area contributed by atoms with Crippen LogP contribution in [0.3, 0.4) is 0 Å². The lowest BCUT2D eigenvalue weighted by molar-refractivity contribution is -0.138. The molecule has 4 heterocycles. The Kier molecular flexibility index (Phi) is 6.20. The minimum Gasteiger partial charge on any atom is -0.481 e. The number of carbonyl (C=O) groups excluding carboxylic acids is 1. The molecule has 0 aromatic carbocycles. The van der Waals surface area contributed by atoms with Gasteiger partial charge in [0, 0.05) is 37.9 Å². The molecular weight excluding hydrogens is 396 g/mol. The van der Waals surface area contributed by atoms with E-state index < -0.39 is 12.0 Å². The number of hydrogen-bond donors (Lipinski definition) is 3. The third-order valence-electron chi connectivity index (χ3n) is 5.86. The predicted molar refractivity (Wildman–Crippen MR) is 118 cm³/mol. The smallest absolute Gasteiger partial charge is 0.320 e. The number of urea groups is 1. The molecule has 2 unspecified atom stereocenters. The van der Waals surface area contributed by atoms with Gasteiger partial charge in [0.25, 0.3) is 0 Å². The summed E-state index contributed by atoms with van der Waals surface area (Å²) in [5, 5.41) is 12.7. The normalized spacial score (nSPS) is 21.3. The van der Waals surface area contributed by atoms with Crippen LogP contribution in [-0.2, 0) is 4.79 Å². The Morgan fingerprint density at radius 2 is 2.23 bits per heavy atom. The summed E-state index contributed by atoms with van der Waals surface area (Å²) in [4.78, 5) is 36.7. The van der Waals surface area contributed by atoms with E-state index in [4.69, 9.17) is 10.7 Å². The summed E-state index contributed by atoms with van der Waals surface area (Å²) in [6, 6.07) is 2.80. The molecule has 0 aliphatic carbocycles. The van der Waals surface area contributed by atoms with Crippen LogP contribution in [0.5, 0.6) is 0 Å². The lowest BCUT2D eigenvalue weighted by Crippen LogP contribution is -2.36. The number of pyridine rings is 1. The highest BCUT2D eigenvalue weighted by Crippen LogP contribution is 2.28. The third-order valence-corrected chi connectivity index (χ3v) is 5.86.